The van der Waals surface area contributed by atoms with E-state index in [1.165, 1.54) is 4.90 Å². The second kappa shape index (κ2) is 7.61. The molecular formula is C21H13N3S2. The molecule has 2 aromatic carbocycles. The largest absolute Gasteiger partial charge is 0.262 e. The Morgan fingerprint density at radius 2 is 1.62 bits per heavy atom. The molecule has 0 fully saturated rings. The summed E-state index contributed by atoms with van der Waals surface area (Å²) in [5.41, 5.74) is 1.54. The van der Waals surface area contributed by atoms with Gasteiger partial charge >= 0.3 is 0 Å². The van der Waals surface area contributed by atoms with Crippen molar-refractivity contribution in [2.24, 2.45) is 0 Å². The van der Waals surface area contributed by atoms with Gasteiger partial charge in [0.05, 0.1) is 23.3 Å². The van der Waals surface area contributed by atoms with Gasteiger partial charge in [0.1, 0.15) is 5.03 Å². The first kappa shape index (κ1) is 16.6. The van der Waals surface area contributed by atoms with Crippen LogP contribution in [0.1, 0.15) is 5.56 Å². The summed E-state index contributed by atoms with van der Waals surface area (Å²) in [7, 11) is 0. The minimum atomic E-state index is 0.658. The average molecular weight is 371 g/mol. The molecule has 2 heterocycles. The predicted octanol–water partition coefficient (Wildman–Crippen LogP) is 5.80. The van der Waals surface area contributed by atoms with Crippen molar-refractivity contribution in [3.63, 3.8) is 0 Å². The fraction of sp³-hybridized carbons (Fsp3) is 0. The van der Waals surface area contributed by atoms with Crippen LogP contribution in [0.2, 0.25) is 0 Å². The zero-order valence-electron chi connectivity index (χ0n) is 13.7. The van der Waals surface area contributed by atoms with Crippen LogP contribution < -0.4 is 0 Å². The Bertz CT molecular complexity index is 1090. The quantitative estimate of drug-likeness (QED) is 0.453. The second-order valence-electron chi connectivity index (χ2n) is 5.50. The average Bonchev–Trinajstić information content (AvgIpc) is 2.69. The predicted molar refractivity (Wildman–Crippen MR) is 105 cm³/mol. The van der Waals surface area contributed by atoms with Gasteiger partial charge in [0.25, 0.3) is 0 Å². The van der Waals surface area contributed by atoms with Crippen LogP contribution in [-0.4, -0.2) is 9.97 Å². The lowest BCUT2D eigenvalue weighted by molar-refractivity contribution is 1.14. The normalized spacial score (nSPS) is 10.6. The fourth-order valence-electron chi connectivity index (χ4n) is 2.49. The highest BCUT2D eigenvalue weighted by molar-refractivity contribution is 8.00. The maximum Gasteiger partial charge on any atom is 0.103 e. The highest BCUT2D eigenvalue weighted by Gasteiger charge is 2.09. The number of aromatic nitrogens is 2. The second-order valence-corrected chi connectivity index (χ2v) is 7.71. The smallest absolute Gasteiger partial charge is 0.103 e. The molecule has 4 rings (SSSR count). The Hall–Kier alpha value is -2.81. The van der Waals surface area contributed by atoms with Gasteiger partial charge in [0, 0.05) is 26.3 Å². The standard InChI is InChI=1S/C21H13N3S2/c22-13-15-6-8-17(9-7-15)26-21-12-20(25-16-4-2-1-3-5-16)18-10-11-23-14-19(18)24-21/h1-12,14H. The van der Waals surface area contributed by atoms with Crippen molar-refractivity contribution in [3.05, 3.63) is 84.7 Å². The summed E-state index contributed by atoms with van der Waals surface area (Å²) in [5, 5.41) is 10.9. The zero-order valence-corrected chi connectivity index (χ0v) is 15.3. The molecule has 3 nitrogen and oxygen atoms in total. The first-order valence-corrected chi connectivity index (χ1v) is 9.61. The van der Waals surface area contributed by atoms with Crippen molar-refractivity contribution in [2.45, 2.75) is 19.7 Å². The van der Waals surface area contributed by atoms with E-state index < -0.39 is 0 Å². The van der Waals surface area contributed by atoms with Gasteiger partial charge in [-0.15, -0.1) is 0 Å². The minimum absolute atomic E-state index is 0.658. The third-order valence-corrected chi connectivity index (χ3v) is 5.72. The highest BCUT2D eigenvalue weighted by Crippen LogP contribution is 2.36. The molecule has 0 amide bonds. The Kier molecular flexibility index (Phi) is 4.87. The number of benzene rings is 2. The molecule has 0 unspecified atom stereocenters. The first-order valence-electron chi connectivity index (χ1n) is 7.97. The van der Waals surface area contributed by atoms with Crippen molar-refractivity contribution < 1.29 is 0 Å². The van der Waals surface area contributed by atoms with Crippen LogP contribution in [0.5, 0.6) is 0 Å². The molecule has 26 heavy (non-hydrogen) atoms. The molecule has 0 aliphatic carbocycles. The van der Waals surface area contributed by atoms with Gasteiger partial charge in [0.2, 0.25) is 0 Å². The van der Waals surface area contributed by atoms with Crippen LogP contribution in [0.4, 0.5) is 0 Å². The van der Waals surface area contributed by atoms with Gasteiger partial charge in [-0.3, -0.25) is 4.98 Å². The summed E-state index contributed by atoms with van der Waals surface area (Å²) >= 11 is 3.31. The monoisotopic (exact) mass is 371 g/mol. The summed E-state index contributed by atoms with van der Waals surface area (Å²) in [5.74, 6) is 0. The van der Waals surface area contributed by atoms with Gasteiger partial charge in [-0.05, 0) is 48.5 Å². The van der Waals surface area contributed by atoms with Gasteiger partial charge in [-0.1, -0.05) is 41.7 Å². The van der Waals surface area contributed by atoms with Crippen LogP contribution in [0, 0.1) is 11.3 Å². The number of hydrogen-bond acceptors (Lipinski definition) is 5. The summed E-state index contributed by atoms with van der Waals surface area (Å²) < 4.78 is 0. The lowest BCUT2D eigenvalue weighted by atomic mass is 10.2. The maximum atomic E-state index is 8.93. The van der Waals surface area contributed by atoms with Gasteiger partial charge in [0.15, 0.2) is 0 Å². The topological polar surface area (TPSA) is 49.6 Å². The van der Waals surface area contributed by atoms with E-state index >= 15 is 0 Å². The molecule has 0 aliphatic rings. The molecule has 124 valence electrons. The van der Waals surface area contributed by atoms with Gasteiger partial charge in [-0.25, -0.2) is 4.98 Å². The van der Waals surface area contributed by atoms with E-state index in [4.69, 9.17) is 10.2 Å². The van der Waals surface area contributed by atoms with Crippen molar-refractivity contribution in [1.29, 1.82) is 5.26 Å². The number of hydrogen-bond donors (Lipinski definition) is 0. The lowest BCUT2D eigenvalue weighted by Gasteiger charge is -2.09. The SMILES string of the molecule is N#Cc1ccc(Sc2cc(Sc3ccccc3)c3ccncc3n2)cc1. The van der Waals surface area contributed by atoms with Crippen LogP contribution >= 0.6 is 23.5 Å². The van der Waals surface area contributed by atoms with E-state index in [9.17, 15) is 0 Å². The molecule has 0 radical (unpaired) electrons. The first-order chi connectivity index (χ1) is 12.8. The van der Waals surface area contributed by atoms with E-state index in [1.54, 1.807) is 35.9 Å². The van der Waals surface area contributed by atoms with Crippen molar-refractivity contribution in [2.75, 3.05) is 0 Å². The maximum absolute atomic E-state index is 8.93. The Balaban J connectivity index is 1.72. The number of nitrogens with zero attached hydrogens (tertiary/aromatic N) is 3. The van der Waals surface area contributed by atoms with E-state index in [2.05, 4.69) is 29.3 Å². The van der Waals surface area contributed by atoms with E-state index in [0.29, 0.717) is 5.56 Å². The number of fused-ring (bicyclic) bond motifs is 1. The third kappa shape index (κ3) is 3.72. The lowest BCUT2D eigenvalue weighted by Crippen LogP contribution is -1.88. The van der Waals surface area contributed by atoms with Crippen LogP contribution in [0.15, 0.2) is 98.8 Å². The molecule has 5 heteroatoms. The number of nitriles is 1. The van der Waals surface area contributed by atoms with Crippen LogP contribution in [0.25, 0.3) is 10.9 Å². The fourth-order valence-corrected chi connectivity index (χ4v) is 4.40. The molecule has 4 aromatic rings. The molecule has 0 aliphatic heterocycles. The molecule has 0 N–H and O–H groups in total. The molecule has 0 saturated carbocycles. The molecule has 0 bridgehead atoms. The molecular weight excluding hydrogens is 358 g/mol. The Labute approximate surface area is 160 Å². The minimum Gasteiger partial charge on any atom is -0.262 e. The van der Waals surface area contributed by atoms with E-state index in [1.807, 2.05) is 48.5 Å². The number of rotatable bonds is 4. The summed E-state index contributed by atoms with van der Waals surface area (Å²) in [6.07, 6.45) is 3.60. The van der Waals surface area contributed by atoms with Gasteiger partial charge < -0.3 is 0 Å². The van der Waals surface area contributed by atoms with E-state index in [0.717, 1.165) is 25.7 Å². The van der Waals surface area contributed by atoms with Crippen molar-refractivity contribution in [1.82, 2.24) is 9.97 Å². The van der Waals surface area contributed by atoms with Crippen LogP contribution in [0.3, 0.4) is 0 Å². The summed E-state index contributed by atoms with van der Waals surface area (Å²) in [6, 6.07) is 24.1. The van der Waals surface area contributed by atoms with Crippen LogP contribution in [-0.2, 0) is 0 Å². The zero-order chi connectivity index (χ0) is 17.8. The molecule has 0 spiro atoms. The molecule has 2 aromatic heterocycles. The molecule has 0 saturated heterocycles. The number of pyridine rings is 2. The highest BCUT2D eigenvalue weighted by atomic mass is 32.2. The van der Waals surface area contributed by atoms with Gasteiger partial charge in [-0.2, -0.15) is 5.26 Å². The van der Waals surface area contributed by atoms with Crippen molar-refractivity contribution in [3.8, 4) is 6.07 Å². The van der Waals surface area contributed by atoms with E-state index in [-0.39, 0.29) is 0 Å². The summed E-state index contributed by atoms with van der Waals surface area (Å²) in [6.45, 7) is 0. The summed E-state index contributed by atoms with van der Waals surface area (Å²) in [4.78, 5) is 12.3. The van der Waals surface area contributed by atoms with Crippen molar-refractivity contribution >= 4 is 34.4 Å². The Morgan fingerprint density at radius 3 is 2.38 bits per heavy atom. The third-order valence-electron chi connectivity index (χ3n) is 3.73. The Morgan fingerprint density at radius 1 is 0.846 bits per heavy atom. The molecule has 0 atom stereocenters.